The highest BCUT2D eigenvalue weighted by molar-refractivity contribution is 14.1. The molecular weight excluding hydrogens is 457 g/mol. The van der Waals surface area contributed by atoms with E-state index in [0.717, 1.165) is 23.2 Å². The van der Waals surface area contributed by atoms with Crippen molar-refractivity contribution in [3.8, 4) is 0 Å². The van der Waals surface area contributed by atoms with Crippen LogP contribution >= 0.6 is 22.6 Å². The van der Waals surface area contributed by atoms with Gasteiger partial charge >= 0.3 is 0 Å². The third kappa shape index (κ3) is 2.79. The number of hydrogen-bond donors (Lipinski definition) is 1. The molecule has 0 fully saturated rings. The average Bonchev–Trinajstić information content (AvgIpc) is 2.66. The number of halogens is 1. The summed E-state index contributed by atoms with van der Waals surface area (Å²) in [5.74, 6) is 0.278. The lowest BCUT2D eigenvalue weighted by Crippen LogP contribution is -2.32. The Labute approximate surface area is 179 Å². The summed E-state index contributed by atoms with van der Waals surface area (Å²) in [6.45, 7) is 4.41. The van der Waals surface area contributed by atoms with Gasteiger partial charge in [-0.05, 0) is 57.0 Å². The number of carbonyl (C=O) groups excluding carboxylic acids is 1. The third-order valence-electron chi connectivity index (χ3n) is 5.96. The van der Waals surface area contributed by atoms with Crippen molar-refractivity contribution in [1.29, 1.82) is 0 Å². The second-order valence-electron chi connectivity index (χ2n) is 8.65. The van der Waals surface area contributed by atoms with Gasteiger partial charge in [0.1, 0.15) is 0 Å². The zero-order valence-electron chi connectivity index (χ0n) is 16.1. The molecule has 0 saturated heterocycles. The van der Waals surface area contributed by atoms with Gasteiger partial charge in [0.15, 0.2) is 5.78 Å². The van der Waals surface area contributed by atoms with Crippen molar-refractivity contribution < 1.29 is 4.79 Å². The minimum atomic E-state index is -0.00951. The molecule has 1 N–H and O–H groups in total. The minimum Gasteiger partial charge on any atom is -0.373 e. The largest absolute Gasteiger partial charge is 0.373 e. The molecule has 3 aromatic carbocycles. The quantitative estimate of drug-likeness (QED) is 0.391. The van der Waals surface area contributed by atoms with Crippen molar-refractivity contribution in [2.45, 2.75) is 32.7 Å². The molecule has 1 unspecified atom stereocenters. The summed E-state index contributed by atoms with van der Waals surface area (Å²) in [4.78, 5) is 13.3. The lowest BCUT2D eigenvalue weighted by Gasteiger charge is -2.40. The SMILES string of the molecule is CC1(C)CC(=O)C2=C(C1)C(c1ccccc1I)Nc1c2ccc2ccccc12. The van der Waals surface area contributed by atoms with Crippen molar-refractivity contribution in [3.63, 3.8) is 0 Å². The van der Waals surface area contributed by atoms with Crippen molar-refractivity contribution in [2.24, 2.45) is 5.41 Å². The molecule has 140 valence electrons. The maximum atomic E-state index is 13.3. The Balaban J connectivity index is 1.82. The first-order valence-corrected chi connectivity index (χ1v) is 10.8. The number of Topliss-reactive ketones (excluding diaryl/α,β-unsaturated/α-hetero) is 1. The predicted octanol–water partition coefficient (Wildman–Crippen LogP) is 6.75. The number of hydrogen-bond acceptors (Lipinski definition) is 2. The van der Waals surface area contributed by atoms with Crippen molar-refractivity contribution in [1.82, 2.24) is 0 Å². The summed E-state index contributed by atoms with van der Waals surface area (Å²) < 4.78 is 1.23. The molecule has 3 heteroatoms. The van der Waals surface area contributed by atoms with Crippen LogP contribution in [0.15, 0.2) is 66.2 Å². The molecule has 0 bridgehead atoms. The molecule has 1 atom stereocenters. The molecule has 3 aromatic rings. The third-order valence-corrected chi connectivity index (χ3v) is 6.94. The van der Waals surface area contributed by atoms with Crippen LogP contribution in [0.4, 0.5) is 5.69 Å². The normalized spacial score (nSPS) is 20.5. The van der Waals surface area contributed by atoms with Crippen LogP contribution in [0, 0.1) is 8.99 Å². The molecule has 2 nitrogen and oxygen atoms in total. The van der Waals surface area contributed by atoms with Gasteiger partial charge < -0.3 is 5.32 Å². The fourth-order valence-corrected chi connectivity index (χ4v) is 5.48. The van der Waals surface area contributed by atoms with Crippen molar-refractivity contribution in [2.75, 3.05) is 5.32 Å². The van der Waals surface area contributed by atoms with Gasteiger partial charge in [0.25, 0.3) is 0 Å². The number of benzene rings is 3. The van der Waals surface area contributed by atoms with E-state index in [2.05, 4.69) is 102 Å². The smallest absolute Gasteiger partial charge is 0.164 e. The van der Waals surface area contributed by atoms with Crippen LogP contribution in [-0.2, 0) is 4.79 Å². The average molecular weight is 479 g/mol. The molecule has 0 spiro atoms. The first-order valence-electron chi connectivity index (χ1n) is 9.74. The Morgan fingerprint density at radius 3 is 2.54 bits per heavy atom. The molecule has 1 aliphatic heterocycles. The molecule has 0 aromatic heterocycles. The predicted molar refractivity (Wildman–Crippen MR) is 124 cm³/mol. The number of ketones is 1. The Bertz CT molecular complexity index is 1160. The van der Waals surface area contributed by atoms with Crippen molar-refractivity contribution >= 4 is 50.4 Å². The second-order valence-corrected chi connectivity index (χ2v) is 9.81. The molecule has 5 rings (SSSR count). The number of rotatable bonds is 1. The van der Waals surface area contributed by atoms with E-state index in [1.54, 1.807) is 0 Å². The maximum Gasteiger partial charge on any atom is 0.164 e. The highest BCUT2D eigenvalue weighted by Gasteiger charge is 2.40. The Morgan fingerprint density at radius 2 is 1.71 bits per heavy atom. The summed E-state index contributed by atoms with van der Waals surface area (Å²) in [6.07, 6.45) is 1.54. The molecule has 0 saturated carbocycles. The van der Waals surface area contributed by atoms with Gasteiger partial charge in [-0.2, -0.15) is 0 Å². The van der Waals surface area contributed by atoms with Crippen LogP contribution in [0.2, 0.25) is 0 Å². The van der Waals surface area contributed by atoms with Gasteiger partial charge in [-0.3, -0.25) is 4.79 Å². The number of anilines is 1. The van der Waals surface area contributed by atoms with E-state index >= 15 is 0 Å². The van der Waals surface area contributed by atoms with Gasteiger partial charge in [-0.1, -0.05) is 68.4 Å². The van der Waals surface area contributed by atoms with Crippen LogP contribution in [0.1, 0.15) is 43.9 Å². The molecule has 1 heterocycles. The van der Waals surface area contributed by atoms with Gasteiger partial charge in [-0.15, -0.1) is 0 Å². The van der Waals surface area contributed by atoms with Crippen LogP contribution in [-0.4, -0.2) is 5.78 Å². The number of nitrogens with one attached hydrogen (secondary N) is 1. The zero-order valence-corrected chi connectivity index (χ0v) is 18.2. The number of fused-ring (bicyclic) bond motifs is 4. The molecule has 1 aliphatic carbocycles. The van der Waals surface area contributed by atoms with Crippen LogP contribution < -0.4 is 5.32 Å². The standard InChI is InChI=1S/C25H22INO/c1-25(2)13-19-22(21(28)14-25)18-12-11-15-7-3-4-8-16(15)23(18)27-24(19)17-9-5-6-10-20(17)26/h3-12,24,27H,13-14H2,1-2H3. The zero-order chi connectivity index (χ0) is 19.5. The van der Waals surface area contributed by atoms with E-state index < -0.39 is 0 Å². The highest BCUT2D eigenvalue weighted by Crippen LogP contribution is 2.51. The van der Waals surface area contributed by atoms with E-state index in [1.807, 2.05) is 0 Å². The first kappa shape index (κ1) is 17.9. The Kier molecular flexibility index (Phi) is 4.13. The van der Waals surface area contributed by atoms with Crippen LogP contribution in [0.5, 0.6) is 0 Å². The molecule has 0 amide bonds. The molecule has 0 radical (unpaired) electrons. The molecule has 28 heavy (non-hydrogen) atoms. The minimum absolute atomic E-state index is 0.00951. The van der Waals surface area contributed by atoms with E-state index in [4.69, 9.17) is 0 Å². The van der Waals surface area contributed by atoms with Crippen LogP contribution in [0.25, 0.3) is 16.3 Å². The summed E-state index contributed by atoms with van der Waals surface area (Å²) >= 11 is 2.41. The van der Waals surface area contributed by atoms with Gasteiger partial charge in [-0.25, -0.2) is 0 Å². The monoisotopic (exact) mass is 479 g/mol. The lowest BCUT2D eigenvalue weighted by atomic mass is 9.68. The molecule has 2 aliphatic rings. The van der Waals surface area contributed by atoms with E-state index in [-0.39, 0.29) is 17.2 Å². The van der Waals surface area contributed by atoms with Crippen molar-refractivity contribution in [3.05, 3.63) is 80.9 Å². The fraction of sp³-hybridized carbons (Fsp3) is 0.240. The van der Waals surface area contributed by atoms with Gasteiger partial charge in [0, 0.05) is 26.5 Å². The first-order chi connectivity index (χ1) is 13.4. The molecular formula is C25H22INO. The maximum absolute atomic E-state index is 13.3. The summed E-state index contributed by atoms with van der Waals surface area (Å²) in [5, 5.41) is 6.22. The van der Waals surface area contributed by atoms with E-state index in [9.17, 15) is 4.79 Å². The lowest BCUT2D eigenvalue weighted by molar-refractivity contribution is -0.116. The highest BCUT2D eigenvalue weighted by atomic mass is 127. The van der Waals surface area contributed by atoms with E-state index in [1.165, 1.54) is 25.5 Å². The number of carbonyl (C=O) groups is 1. The Morgan fingerprint density at radius 1 is 0.964 bits per heavy atom. The van der Waals surface area contributed by atoms with E-state index in [0.29, 0.717) is 6.42 Å². The number of allylic oxidation sites excluding steroid dienone is 1. The summed E-state index contributed by atoms with van der Waals surface area (Å²) in [7, 11) is 0. The van der Waals surface area contributed by atoms with Gasteiger partial charge in [0.2, 0.25) is 0 Å². The van der Waals surface area contributed by atoms with Gasteiger partial charge in [0.05, 0.1) is 11.7 Å². The second kappa shape index (κ2) is 6.45. The summed E-state index contributed by atoms with van der Waals surface area (Å²) in [5.41, 5.74) is 5.59. The summed E-state index contributed by atoms with van der Waals surface area (Å²) in [6, 6.07) is 21.2. The Hall–Kier alpha value is -2.14. The van der Waals surface area contributed by atoms with Crippen LogP contribution in [0.3, 0.4) is 0 Å². The topological polar surface area (TPSA) is 29.1 Å². The fourth-order valence-electron chi connectivity index (χ4n) is 4.78.